The molecule has 1 amide bonds. The normalized spacial score (nSPS) is 14.6. The van der Waals surface area contributed by atoms with Gasteiger partial charge in [0.25, 0.3) is 11.9 Å². The van der Waals surface area contributed by atoms with Crippen molar-refractivity contribution in [2.45, 2.75) is 52.1 Å². The second-order valence-corrected chi connectivity index (χ2v) is 9.25. The van der Waals surface area contributed by atoms with Gasteiger partial charge < -0.3 is 14.8 Å². The fourth-order valence-corrected chi connectivity index (χ4v) is 3.41. The van der Waals surface area contributed by atoms with Crippen molar-refractivity contribution in [2.24, 2.45) is 0 Å². The molecule has 8 heteroatoms. The lowest BCUT2D eigenvalue weighted by molar-refractivity contribution is -0.118. The van der Waals surface area contributed by atoms with Crippen molar-refractivity contribution in [1.82, 2.24) is 19.7 Å². The molecular formula is C23H27N5O3. The maximum atomic E-state index is 12.7. The molecular weight excluding hydrogens is 394 g/mol. The summed E-state index contributed by atoms with van der Waals surface area (Å²) in [5, 5.41) is 7.47. The average Bonchev–Trinajstić information content (AvgIpc) is 3.26. The van der Waals surface area contributed by atoms with Gasteiger partial charge in [0.2, 0.25) is 0 Å². The molecule has 2 aromatic heterocycles. The molecule has 0 saturated carbocycles. The number of ether oxygens (including phenoxy) is 2. The zero-order chi connectivity index (χ0) is 22.2. The number of benzene rings is 1. The van der Waals surface area contributed by atoms with Crippen molar-refractivity contribution in [3.8, 4) is 17.4 Å². The number of hydrogen-bond acceptors (Lipinski definition) is 6. The molecule has 31 heavy (non-hydrogen) atoms. The van der Waals surface area contributed by atoms with Gasteiger partial charge in [0.1, 0.15) is 11.4 Å². The van der Waals surface area contributed by atoms with Crippen molar-refractivity contribution in [3.05, 3.63) is 54.0 Å². The summed E-state index contributed by atoms with van der Waals surface area (Å²) in [6.45, 7) is 10.1. The van der Waals surface area contributed by atoms with E-state index >= 15 is 0 Å². The quantitative estimate of drug-likeness (QED) is 0.676. The molecule has 0 atom stereocenters. The predicted molar refractivity (Wildman–Crippen MR) is 117 cm³/mol. The molecule has 3 heterocycles. The van der Waals surface area contributed by atoms with E-state index in [2.05, 4.69) is 41.2 Å². The molecule has 0 aliphatic carbocycles. The Morgan fingerprint density at radius 3 is 2.68 bits per heavy atom. The molecule has 1 aromatic carbocycles. The molecule has 3 aromatic rings. The summed E-state index contributed by atoms with van der Waals surface area (Å²) < 4.78 is 13.3. The molecule has 0 fully saturated rings. The fourth-order valence-electron chi connectivity index (χ4n) is 3.41. The minimum atomic E-state index is -0.313. The van der Waals surface area contributed by atoms with E-state index in [-0.39, 0.29) is 23.5 Å². The van der Waals surface area contributed by atoms with E-state index in [9.17, 15) is 4.79 Å². The van der Waals surface area contributed by atoms with E-state index in [4.69, 9.17) is 9.47 Å². The number of para-hydroxylation sites is 1. The highest BCUT2D eigenvalue weighted by Gasteiger charge is 2.32. The van der Waals surface area contributed by atoms with Crippen molar-refractivity contribution in [3.63, 3.8) is 0 Å². The third-order valence-electron chi connectivity index (χ3n) is 4.90. The Balaban J connectivity index is 1.51. The molecule has 0 unspecified atom stereocenters. The van der Waals surface area contributed by atoms with Crippen LogP contribution in [0.3, 0.4) is 0 Å². The SMILES string of the molecule is CC1(C)Cc2cccc(OCC(=O)Nc3cc(C(C)(C)C)nn3-c3ncccn3)c2O1. The van der Waals surface area contributed by atoms with Crippen LogP contribution >= 0.6 is 0 Å². The van der Waals surface area contributed by atoms with Gasteiger partial charge in [0.05, 0.1) is 5.69 Å². The zero-order valence-electron chi connectivity index (χ0n) is 18.5. The number of nitrogens with one attached hydrogen (secondary N) is 1. The maximum absolute atomic E-state index is 12.7. The first-order valence-corrected chi connectivity index (χ1v) is 10.2. The molecule has 4 rings (SSSR count). The van der Waals surface area contributed by atoms with Gasteiger partial charge in [0.15, 0.2) is 18.1 Å². The summed E-state index contributed by atoms with van der Waals surface area (Å²) in [5.41, 5.74) is 1.41. The number of amides is 1. The van der Waals surface area contributed by atoms with Crippen LogP contribution < -0.4 is 14.8 Å². The van der Waals surface area contributed by atoms with Crippen LogP contribution in [0.4, 0.5) is 5.82 Å². The molecule has 0 radical (unpaired) electrons. The first-order chi connectivity index (χ1) is 14.6. The summed E-state index contributed by atoms with van der Waals surface area (Å²) in [4.78, 5) is 21.2. The van der Waals surface area contributed by atoms with Crippen molar-refractivity contribution >= 4 is 11.7 Å². The zero-order valence-corrected chi connectivity index (χ0v) is 18.5. The van der Waals surface area contributed by atoms with E-state index in [1.54, 1.807) is 18.5 Å². The number of fused-ring (bicyclic) bond motifs is 1. The number of carbonyl (C=O) groups excluding carboxylic acids is 1. The highest BCUT2D eigenvalue weighted by Crippen LogP contribution is 2.41. The van der Waals surface area contributed by atoms with Gasteiger partial charge in [-0.15, -0.1) is 0 Å². The minimum Gasteiger partial charge on any atom is -0.483 e. The Labute approximate surface area is 181 Å². The molecule has 0 bridgehead atoms. The lowest BCUT2D eigenvalue weighted by Gasteiger charge is -2.18. The van der Waals surface area contributed by atoms with E-state index in [1.807, 2.05) is 38.1 Å². The number of carbonyl (C=O) groups is 1. The maximum Gasteiger partial charge on any atom is 0.263 e. The number of anilines is 1. The molecule has 162 valence electrons. The van der Waals surface area contributed by atoms with Crippen LogP contribution in [0.2, 0.25) is 0 Å². The summed E-state index contributed by atoms with van der Waals surface area (Å²) in [7, 11) is 0. The van der Waals surface area contributed by atoms with Crippen molar-refractivity contribution in [2.75, 3.05) is 11.9 Å². The van der Waals surface area contributed by atoms with E-state index in [0.717, 1.165) is 17.7 Å². The predicted octanol–water partition coefficient (Wildman–Crippen LogP) is 3.69. The second-order valence-electron chi connectivity index (χ2n) is 9.25. The molecule has 0 spiro atoms. The lowest BCUT2D eigenvalue weighted by Crippen LogP contribution is -2.25. The summed E-state index contributed by atoms with van der Waals surface area (Å²) in [6.07, 6.45) is 4.07. The fraction of sp³-hybridized carbons (Fsp3) is 0.391. The van der Waals surface area contributed by atoms with Gasteiger partial charge in [-0.05, 0) is 26.0 Å². The standard InChI is InChI=1S/C23H27N5O3/c1-22(2,3)17-12-18(28(27-17)21-24-10-7-11-25-21)26-19(29)14-30-16-9-6-8-15-13-23(4,5)31-20(15)16/h6-12H,13-14H2,1-5H3,(H,26,29). The van der Waals surface area contributed by atoms with Crippen LogP contribution in [0, 0.1) is 0 Å². The van der Waals surface area contributed by atoms with Gasteiger partial charge in [-0.25, -0.2) is 9.97 Å². The Morgan fingerprint density at radius 1 is 1.23 bits per heavy atom. The van der Waals surface area contributed by atoms with E-state index in [0.29, 0.717) is 23.3 Å². The second kappa shape index (κ2) is 7.68. The van der Waals surface area contributed by atoms with Gasteiger partial charge in [-0.2, -0.15) is 9.78 Å². The largest absolute Gasteiger partial charge is 0.483 e. The van der Waals surface area contributed by atoms with Gasteiger partial charge in [-0.1, -0.05) is 32.9 Å². The number of aromatic nitrogens is 4. The Bertz CT molecular complexity index is 1100. The number of nitrogens with zero attached hydrogens (tertiary/aromatic N) is 4. The highest BCUT2D eigenvalue weighted by atomic mass is 16.5. The van der Waals surface area contributed by atoms with Crippen LogP contribution in [0.15, 0.2) is 42.7 Å². The first-order valence-electron chi connectivity index (χ1n) is 10.2. The highest BCUT2D eigenvalue weighted by molar-refractivity contribution is 5.91. The monoisotopic (exact) mass is 421 g/mol. The van der Waals surface area contributed by atoms with Crippen molar-refractivity contribution < 1.29 is 14.3 Å². The van der Waals surface area contributed by atoms with E-state index in [1.165, 1.54) is 4.68 Å². The third-order valence-corrected chi connectivity index (χ3v) is 4.90. The Kier molecular flexibility index (Phi) is 5.16. The van der Waals surface area contributed by atoms with Crippen LogP contribution in [0.5, 0.6) is 11.5 Å². The van der Waals surface area contributed by atoms with Gasteiger partial charge in [0, 0.05) is 35.9 Å². The molecule has 1 aliphatic heterocycles. The van der Waals surface area contributed by atoms with Crippen LogP contribution in [0.25, 0.3) is 5.95 Å². The molecule has 8 nitrogen and oxygen atoms in total. The van der Waals surface area contributed by atoms with E-state index < -0.39 is 0 Å². The van der Waals surface area contributed by atoms with Gasteiger partial charge >= 0.3 is 0 Å². The van der Waals surface area contributed by atoms with Crippen LogP contribution in [-0.2, 0) is 16.6 Å². The third kappa shape index (κ3) is 4.52. The number of rotatable bonds is 5. The average molecular weight is 422 g/mol. The van der Waals surface area contributed by atoms with Crippen LogP contribution in [-0.4, -0.2) is 37.9 Å². The lowest BCUT2D eigenvalue weighted by atomic mass is 9.92. The minimum absolute atomic E-state index is 0.161. The molecule has 1 N–H and O–H groups in total. The summed E-state index contributed by atoms with van der Waals surface area (Å²) in [5.74, 6) is 1.82. The Morgan fingerprint density at radius 2 is 1.97 bits per heavy atom. The van der Waals surface area contributed by atoms with Crippen molar-refractivity contribution in [1.29, 1.82) is 0 Å². The van der Waals surface area contributed by atoms with Crippen LogP contribution in [0.1, 0.15) is 45.9 Å². The van der Waals surface area contributed by atoms with Gasteiger partial charge in [-0.3, -0.25) is 4.79 Å². The molecule has 0 saturated heterocycles. The Hall–Kier alpha value is -3.42. The molecule has 1 aliphatic rings. The summed E-state index contributed by atoms with van der Waals surface area (Å²) >= 11 is 0. The number of hydrogen-bond donors (Lipinski definition) is 1. The summed E-state index contributed by atoms with van der Waals surface area (Å²) in [6, 6.07) is 9.30. The first kappa shape index (κ1) is 20.8. The topological polar surface area (TPSA) is 91.2 Å². The smallest absolute Gasteiger partial charge is 0.263 e.